The average molecular weight is 421 g/mol. The van der Waals surface area contributed by atoms with Crippen LogP contribution < -0.4 is 5.32 Å². The summed E-state index contributed by atoms with van der Waals surface area (Å²) in [6.07, 6.45) is -0.814. The minimum atomic E-state index is -1.27. The number of alkyl carbamates (subject to hydrolysis) is 1. The van der Waals surface area contributed by atoms with E-state index in [9.17, 15) is 24.8 Å². The van der Waals surface area contributed by atoms with Crippen LogP contribution in [0.1, 0.15) is 45.1 Å². The van der Waals surface area contributed by atoms with Gasteiger partial charge in [0.05, 0.1) is 16.0 Å². The number of carboxylic acids is 1. The van der Waals surface area contributed by atoms with Crippen molar-refractivity contribution in [2.24, 2.45) is 0 Å². The average Bonchev–Trinajstić information content (AvgIpc) is 2.50. The molecular weight excluding hydrogens is 399 g/mol. The first-order valence-electron chi connectivity index (χ1n) is 8.18. The fraction of sp³-hybridized carbons (Fsp3) is 0.529. The Morgan fingerprint density at radius 3 is 2.44 bits per heavy atom. The van der Waals surface area contributed by atoms with Crippen LogP contribution in [-0.4, -0.2) is 40.3 Å². The molecule has 0 bridgehead atoms. The molecule has 0 saturated heterocycles. The highest BCUT2D eigenvalue weighted by Crippen LogP contribution is 2.33. The largest absolute Gasteiger partial charge is 0.480 e. The first kappa shape index (κ1) is 23.0. The van der Waals surface area contributed by atoms with E-state index >= 15 is 0 Å². The highest BCUT2D eigenvalue weighted by molar-refractivity contribution is 6.42. The Morgan fingerprint density at radius 2 is 1.93 bits per heavy atom. The molecule has 1 aromatic rings. The Hall–Kier alpha value is -2.06. The second kappa shape index (κ2) is 9.75. The zero-order valence-electron chi connectivity index (χ0n) is 15.2. The summed E-state index contributed by atoms with van der Waals surface area (Å²) in [5.74, 6) is -1.92. The zero-order valence-corrected chi connectivity index (χ0v) is 16.7. The van der Waals surface area contributed by atoms with Crippen LogP contribution >= 0.6 is 23.2 Å². The standard InChI is InChI=1S/C17H22Cl2N2O6/c1-17(2,3)27-16(24)20-13(15(22)23)8-7-10(9-21(25)26)11-5-4-6-12(18)14(11)19/h4-6,10,13H,7-9H2,1-3H3,(H,20,24)(H,22,23)/t10?,13-/m1/s1. The molecule has 0 saturated carbocycles. The topological polar surface area (TPSA) is 119 Å². The van der Waals surface area contributed by atoms with Crippen LogP contribution in [0.4, 0.5) is 4.79 Å². The molecule has 0 aliphatic heterocycles. The Balaban J connectivity index is 2.90. The SMILES string of the molecule is CC(C)(C)OC(=O)N[C@H](CCC(C[N+](=O)[O-])c1cccc(Cl)c1Cl)C(=O)O. The summed E-state index contributed by atoms with van der Waals surface area (Å²) in [5, 5.41) is 23.1. The van der Waals surface area contributed by atoms with Crippen LogP contribution in [-0.2, 0) is 9.53 Å². The van der Waals surface area contributed by atoms with Gasteiger partial charge in [0.2, 0.25) is 6.54 Å². The molecule has 0 aliphatic carbocycles. The molecular formula is C17H22Cl2N2O6. The highest BCUT2D eigenvalue weighted by atomic mass is 35.5. The third kappa shape index (κ3) is 8.01. The molecule has 27 heavy (non-hydrogen) atoms. The molecule has 8 nitrogen and oxygen atoms in total. The molecule has 0 spiro atoms. The van der Waals surface area contributed by atoms with Gasteiger partial charge in [-0.15, -0.1) is 0 Å². The molecule has 150 valence electrons. The van der Waals surface area contributed by atoms with Crippen molar-refractivity contribution < 1.29 is 24.4 Å². The Kier molecular flexibility index (Phi) is 8.30. The van der Waals surface area contributed by atoms with Crippen molar-refractivity contribution in [3.8, 4) is 0 Å². The lowest BCUT2D eigenvalue weighted by Gasteiger charge is -2.23. The summed E-state index contributed by atoms with van der Waals surface area (Å²) in [5.41, 5.74) is -0.322. The van der Waals surface area contributed by atoms with Crippen LogP contribution in [0.15, 0.2) is 18.2 Å². The van der Waals surface area contributed by atoms with Crippen LogP contribution in [0.2, 0.25) is 10.0 Å². The number of aliphatic carboxylic acids is 1. The summed E-state index contributed by atoms with van der Waals surface area (Å²) in [6, 6.07) is 3.52. The van der Waals surface area contributed by atoms with Crippen LogP contribution in [0.25, 0.3) is 0 Å². The van der Waals surface area contributed by atoms with Crippen molar-refractivity contribution in [3.05, 3.63) is 43.9 Å². The fourth-order valence-corrected chi connectivity index (χ4v) is 2.90. The number of benzene rings is 1. The van der Waals surface area contributed by atoms with Crippen molar-refractivity contribution in [1.29, 1.82) is 0 Å². The number of carboxylic acid groups (broad SMARTS) is 1. The minimum absolute atomic E-state index is 0.0457. The second-order valence-corrected chi connectivity index (χ2v) is 7.75. The van der Waals surface area contributed by atoms with Crippen molar-refractivity contribution in [1.82, 2.24) is 5.32 Å². The molecule has 10 heteroatoms. The van der Waals surface area contributed by atoms with Gasteiger partial charge in [0.25, 0.3) is 0 Å². The van der Waals surface area contributed by atoms with Gasteiger partial charge in [-0.1, -0.05) is 35.3 Å². The molecule has 1 amide bonds. The number of nitrogens with zero attached hydrogens (tertiary/aromatic N) is 1. The summed E-state index contributed by atoms with van der Waals surface area (Å²) in [7, 11) is 0. The number of carbonyl (C=O) groups excluding carboxylic acids is 1. The molecule has 1 rings (SSSR count). The van der Waals surface area contributed by atoms with E-state index in [1.165, 1.54) is 0 Å². The Bertz CT molecular complexity index is 705. The van der Waals surface area contributed by atoms with Crippen molar-refractivity contribution in [3.63, 3.8) is 0 Å². The smallest absolute Gasteiger partial charge is 0.408 e. The van der Waals surface area contributed by atoms with Gasteiger partial charge in [0.1, 0.15) is 11.6 Å². The molecule has 0 radical (unpaired) electrons. The number of halogens is 2. The number of nitro groups is 1. The third-order valence-electron chi connectivity index (χ3n) is 3.58. The summed E-state index contributed by atoms with van der Waals surface area (Å²) >= 11 is 12.1. The lowest BCUT2D eigenvalue weighted by atomic mass is 9.92. The number of rotatable bonds is 8. The lowest BCUT2D eigenvalue weighted by molar-refractivity contribution is -0.483. The summed E-state index contributed by atoms with van der Waals surface area (Å²) in [4.78, 5) is 33.8. The van der Waals surface area contributed by atoms with Crippen LogP contribution in [0, 0.1) is 10.1 Å². The number of ether oxygens (including phenoxy) is 1. The van der Waals surface area contributed by atoms with Gasteiger partial charge < -0.3 is 15.2 Å². The molecule has 0 fully saturated rings. The fourth-order valence-electron chi connectivity index (χ4n) is 2.44. The second-order valence-electron chi connectivity index (χ2n) is 6.97. The van der Waals surface area contributed by atoms with Gasteiger partial charge in [0.15, 0.2) is 0 Å². The van der Waals surface area contributed by atoms with Gasteiger partial charge in [-0.25, -0.2) is 9.59 Å². The van der Waals surface area contributed by atoms with Crippen molar-refractivity contribution in [2.75, 3.05) is 6.54 Å². The van der Waals surface area contributed by atoms with Gasteiger partial charge in [-0.05, 0) is 45.2 Å². The molecule has 0 aliphatic rings. The monoisotopic (exact) mass is 420 g/mol. The predicted molar refractivity (Wildman–Crippen MR) is 101 cm³/mol. The van der Waals surface area contributed by atoms with Crippen molar-refractivity contribution in [2.45, 2.75) is 51.2 Å². The lowest BCUT2D eigenvalue weighted by Crippen LogP contribution is -2.43. The third-order valence-corrected chi connectivity index (χ3v) is 4.42. The van der Waals surface area contributed by atoms with Gasteiger partial charge in [0, 0.05) is 4.92 Å². The van der Waals surface area contributed by atoms with E-state index in [2.05, 4.69) is 5.32 Å². The van der Waals surface area contributed by atoms with E-state index in [1.807, 2.05) is 0 Å². The molecule has 1 aromatic carbocycles. The number of hydrogen-bond donors (Lipinski definition) is 2. The molecule has 0 aromatic heterocycles. The molecule has 1 unspecified atom stereocenters. The number of nitrogens with one attached hydrogen (secondary N) is 1. The normalized spacial score (nSPS) is 13.5. The maximum Gasteiger partial charge on any atom is 0.408 e. The van der Waals surface area contributed by atoms with Crippen LogP contribution in [0.5, 0.6) is 0 Å². The number of hydrogen-bond acceptors (Lipinski definition) is 5. The Morgan fingerprint density at radius 1 is 1.30 bits per heavy atom. The predicted octanol–water partition coefficient (Wildman–Crippen LogP) is 4.11. The molecule has 2 N–H and O–H groups in total. The minimum Gasteiger partial charge on any atom is -0.480 e. The zero-order chi connectivity index (χ0) is 20.8. The van der Waals surface area contributed by atoms with E-state index in [1.54, 1.807) is 39.0 Å². The Labute approximate surface area is 166 Å². The van der Waals surface area contributed by atoms with Gasteiger partial charge >= 0.3 is 12.1 Å². The van der Waals surface area contributed by atoms with E-state index in [4.69, 9.17) is 27.9 Å². The van der Waals surface area contributed by atoms with Gasteiger partial charge in [-0.3, -0.25) is 10.1 Å². The van der Waals surface area contributed by atoms with E-state index in [0.29, 0.717) is 5.56 Å². The highest BCUT2D eigenvalue weighted by Gasteiger charge is 2.28. The van der Waals surface area contributed by atoms with Crippen molar-refractivity contribution >= 4 is 35.3 Å². The maximum absolute atomic E-state index is 11.8. The quantitative estimate of drug-likeness (QED) is 0.482. The first-order chi connectivity index (χ1) is 12.4. The molecule has 0 heterocycles. The maximum atomic E-state index is 11.8. The number of amides is 1. The van der Waals surface area contributed by atoms with E-state index < -0.39 is 41.1 Å². The first-order valence-corrected chi connectivity index (χ1v) is 8.94. The number of carbonyl (C=O) groups is 2. The van der Waals surface area contributed by atoms with E-state index in [-0.39, 0.29) is 22.9 Å². The summed E-state index contributed by atoms with van der Waals surface area (Å²) < 4.78 is 5.05. The van der Waals surface area contributed by atoms with E-state index in [0.717, 1.165) is 0 Å². The molecule has 2 atom stereocenters. The summed E-state index contributed by atoms with van der Waals surface area (Å²) in [6.45, 7) is 4.50. The van der Waals surface area contributed by atoms with Crippen LogP contribution in [0.3, 0.4) is 0 Å². The van der Waals surface area contributed by atoms with Gasteiger partial charge in [-0.2, -0.15) is 0 Å².